The smallest absolute Gasteiger partial charge is 0.0294 e. The quantitative estimate of drug-likeness (QED) is 0.139. The van der Waals surface area contributed by atoms with Crippen LogP contribution >= 0.6 is 22.6 Å². The van der Waals surface area contributed by atoms with Crippen LogP contribution in [0, 0.1) is 3.57 Å². The van der Waals surface area contributed by atoms with Gasteiger partial charge in [0.05, 0.1) is 0 Å². The van der Waals surface area contributed by atoms with Crippen LogP contribution in [0.3, 0.4) is 0 Å². The second-order valence-corrected chi connectivity index (χ2v) is 13.5. The molecule has 0 bridgehead atoms. The van der Waals surface area contributed by atoms with Crippen molar-refractivity contribution in [2.45, 2.75) is 52.4 Å². The van der Waals surface area contributed by atoms with E-state index in [1.165, 1.54) is 69.3 Å². The lowest BCUT2D eigenvalue weighted by Gasteiger charge is -2.23. The van der Waals surface area contributed by atoms with Crippen LogP contribution in [0.25, 0.3) is 54.6 Å². The summed E-state index contributed by atoms with van der Waals surface area (Å²) in [4.78, 5) is 0. The van der Waals surface area contributed by atoms with Crippen molar-refractivity contribution in [1.29, 1.82) is 0 Å². The average Bonchev–Trinajstić information content (AvgIpc) is 2.87. The van der Waals surface area contributed by atoms with E-state index in [4.69, 9.17) is 0 Å². The molecular formula is C36H33I. The lowest BCUT2D eigenvalue weighted by Crippen LogP contribution is -2.10. The molecule has 0 heterocycles. The number of benzene rings is 6. The van der Waals surface area contributed by atoms with Gasteiger partial charge in [0.1, 0.15) is 0 Å². The van der Waals surface area contributed by atoms with E-state index in [1.54, 1.807) is 0 Å². The van der Waals surface area contributed by atoms with Crippen molar-refractivity contribution < 1.29 is 0 Å². The molecule has 0 saturated carbocycles. The summed E-state index contributed by atoms with van der Waals surface area (Å²) in [6.07, 6.45) is 0. The Kier molecular flexibility index (Phi) is 5.65. The van der Waals surface area contributed by atoms with E-state index in [0.717, 1.165) is 0 Å². The van der Waals surface area contributed by atoms with Crippen LogP contribution in [-0.2, 0) is 10.8 Å². The molecule has 0 spiro atoms. The fraction of sp³-hybridized carbons (Fsp3) is 0.222. The van der Waals surface area contributed by atoms with Crippen LogP contribution < -0.4 is 0 Å². The molecule has 0 saturated heterocycles. The molecule has 37 heavy (non-hydrogen) atoms. The summed E-state index contributed by atoms with van der Waals surface area (Å²) in [5.41, 5.74) is 8.19. The van der Waals surface area contributed by atoms with Crippen molar-refractivity contribution in [3.8, 4) is 22.3 Å². The van der Waals surface area contributed by atoms with Crippen molar-refractivity contribution in [2.75, 3.05) is 0 Å². The average molecular weight is 593 g/mol. The Morgan fingerprint density at radius 3 is 1.41 bits per heavy atom. The number of halogens is 1. The van der Waals surface area contributed by atoms with E-state index in [2.05, 4.69) is 155 Å². The first-order valence-corrected chi connectivity index (χ1v) is 14.2. The zero-order valence-electron chi connectivity index (χ0n) is 22.5. The molecule has 0 aliphatic carbocycles. The molecule has 0 atom stereocenters. The Morgan fingerprint density at radius 2 is 0.919 bits per heavy atom. The predicted octanol–water partition coefficient (Wildman–Crippen LogP) is 11.1. The minimum atomic E-state index is 0.126. The second kappa shape index (κ2) is 8.56. The van der Waals surface area contributed by atoms with Gasteiger partial charge in [-0.1, -0.05) is 133 Å². The summed E-state index contributed by atoms with van der Waals surface area (Å²) in [5, 5.41) is 8.04. The molecule has 6 aromatic rings. The molecule has 0 radical (unpaired) electrons. The molecule has 0 aromatic heterocycles. The highest BCUT2D eigenvalue weighted by Gasteiger charge is 2.22. The molecule has 0 fully saturated rings. The van der Waals surface area contributed by atoms with Crippen molar-refractivity contribution in [3.63, 3.8) is 0 Å². The number of hydrogen-bond acceptors (Lipinski definition) is 0. The van der Waals surface area contributed by atoms with Gasteiger partial charge >= 0.3 is 0 Å². The highest BCUT2D eigenvalue weighted by atomic mass is 127. The molecule has 0 aliphatic heterocycles. The molecule has 0 aliphatic rings. The van der Waals surface area contributed by atoms with Gasteiger partial charge in [-0.2, -0.15) is 0 Å². The highest BCUT2D eigenvalue weighted by Crippen LogP contribution is 2.48. The van der Waals surface area contributed by atoms with E-state index in [9.17, 15) is 0 Å². The monoisotopic (exact) mass is 592 g/mol. The van der Waals surface area contributed by atoms with Gasteiger partial charge in [0.15, 0.2) is 0 Å². The maximum Gasteiger partial charge on any atom is 0.0294 e. The van der Waals surface area contributed by atoms with Crippen molar-refractivity contribution in [2.24, 2.45) is 0 Å². The van der Waals surface area contributed by atoms with E-state index in [-0.39, 0.29) is 10.8 Å². The molecule has 6 aromatic carbocycles. The second-order valence-electron chi connectivity index (χ2n) is 12.4. The fourth-order valence-corrected chi connectivity index (χ4v) is 6.73. The molecule has 6 rings (SSSR count). The summed E-state index contributed by atoms with van der Waals surface area (Å²) >= 11 is 2.60. The summed E-state index contributed by atoms with van der Waals surface area (Å²) in [6, 6.07) is 34.5. The molecule has 0 amide bonds. The largest absolute Gasteiger partial charge is 0.0610 e. The van der Waals surface area contributed by atoms with Crippen molar-refractivity contribution in [1.82, 2.24) is 0 Å². The Labute approximate surface area is 234 Å². The topological polar surface area (TPSA) is 0 Å². The van der Waals surface area contributed by atoms with Crippen LogP contribution in [0.5, 0.6) is 0 Å². The predicted molar refractivity (Wildman–Crippen MR) is 171 cm³/mol. The zero-order valence-corrected chi connectivity index (χ0v) is 24.7. The maximum absolute atomic E-state index is 2.60. The van der Waals surface area contributed by atoms with Gasteiger partial charge in [-0.25, -0.2) is 0 Å². The summed E-state index contributed by atoms with van der Waals surface area (Å²) in [5.74, 6) is 0. The summed E-state index contributed by atoms with van der Waals surface area (Å²) < 4.78 is 1.32. The van der Waals surface area contributed by atoms with Crippen molar-refractivity contribution in [3.05, 3.63) is 106 Å². The van der Waals surface area contributed by atoms with Crippen molar-refractivity contribution >= 4 is 54.9 Å². The van der Waals surface area contributed by atoms with E-state index < -0.39 is 0 Å². The fourth-order valence-electron chi connectivity index (χ4n) is 5.70. The minimum absolute atomic E-state index is 0.126. The third kappa shape index (κ3) is 4.03. The SMILES string of the molecule is CC(C)(C)c1ccc(-c2c(I)c3ccc4cccc5ccc(c2-c2ccc(C(C)(C)C)cc2)c3c45)cc1. The molecular weight excluding hydrogens is 559 g/mol. The standard InChI is InChI=1S/C36H33I/c1-35(2,3)26-16-10-24(11-17-26)31-28-20-14-22-8-7-9-23-15-21-29(33(28)30(22)23)34(37)32(31)25-12-18-27(19-13-25)36(4,5)6/h7-21H,1-6H3. The zero-order chi connectivity index (χ0) is 26.1. The molecule has 0 nitrogen and oxygen atoms in total. The minimum Gasteiger partial charge on any atom is -0.0610 e. The third-order valence-electron chi connectivity index (χ3n) is 7.83. The molecule has 0 N–H and O–H groups in total. The molecule has 0 unspecified atom stereocenters. The van der Waals surface area contributed by atoms with Crippen LogP contribution in [0.4, 0.5) is 0 Å². The number of rotatable bonds is 2. The number of hydrogen-bond donors (Lipinski definition) is 0. The first-order valence-electron chi connectivity index (χ1n) is 13.1. The lowest BCUT2D eigenvalue weighted by molar-refractivity contribution is 0.590. The first kappa shape index (κ1) is 24.4. The van der Waals surface area contributed by atoms with Gasteiger partial charge in [-0.05, 0) is 93.6 Å². The van der Waals surface area contributed by atoms with Crippen LogP contribution in [0.2, 0.25) is 0 Å². The first-order chi connectivity index (χ1) is 17.5. The van der Waals surface area contributed by atoms with Gasteiger partial charge in [-0.3, -0.25) is 0 Å². The third-order valence-corrected chi connectivity index (χ3v) is 8.95. The summed E-state index contributed by atoms with van der Waals surface area (Å²) in [7, 11) is 0. The molecule has 1 heteroatoms. The van der Waals surface area contributed by atoms with Crippen LogP contribution in [0.1, 0.15) is 52.7 Å². The molecule has 184 valence electrons. The van der Waals surface area contributed by atoms with Gasteiger partial charge in [-0.15, -0.1) is 0 Å². The Bertz CT molecular complexity index is 1740. The van der Waals surface area contributed by atoms with E-state index >= 15 is 0 Å². The Balaban J connectivity index is 1.73. The Morgan fingerprint density at radius 1 is 0.459 bits per heavy atom. The van der Waals surface area contributed by atoms with Gasteiger partial charge in [0.25, 0.3) is 0 Å². The Hall–Kier alpha value is -2.91. The van der Waals surface area contributed by atoms with Crippen LogP contribution in [0.15, 0.2) is 91.0 Å². The normalized spacial score (nSPS) is 12.7. The summed E-state index contributed by atoms with van der Waals surface area (Å²) in [6.45, 7) is 13.7. The maximum atomic E-state index is 2.60. The highest BCUT2D eigenvalue weighted by molar-refractivity contribution is 14.1. The van der Waals surface area contributed by atoms with E-state index in [0.29, 0.717) is 0 Å². The van der Waals surface area contributed by atoms with Gasteiger partial charge in [0, 0.05) is 9.13 Å². The van der Waals surface area contributed by atoms with Gasteiger partial charge < -0.3 is 0 Å². The van der Waals surface area contributed by atoms with E-state index in [1.807, 2.05) is 0 Å². The van der Waals surface area contributed by atoms with Crippen LogP contribution in [-0.4, -0.2) is 0 Å². The lowest BCUT2D eigenvalue weighted by atomic mass is 9.82. The van der Waals surface area contributed by atoms with Gasteiger partial charge in [0.2, 0.25) is 0 Å².